The summed E-state index contributed by atoms with van der Waals surface area (Å²) >= 11 is 12.2. The molecule has 0 amide bonds. The number of benzene rings is 1. The van der Waals surface area contributed by atoms with Crippen LogP contribution in [0, 0.1) is 0 Å². The smallest absolute Gasteiger partial charge is 0.0935 e. The zero-order valence-electron chi connectivity index (χ0n) is 9.92. The van der Waals surface area contributed by atoms with E-state index < -0.39 is 5.60 Å². The molecule has 0 saturated carbocycles. The zero-order chi connectivity index (χ0) is 12.5. The molecule has 2 nitrogen and oxygen atoms in total. The first-order valence-corrected chi connectivity index (χ1v) is 6.71. The van der Waals surface area contributed by atoms with Gasteiger partial charge in [0.25, 0.3) is 0 Å². The molecule has 4 heteroatoms. The molecule has 0 atom stereocenters. The van der Waals surface area contributed by atoms with Gasteiger partial charge in [0.1, 0.15) is 0 Å². The van der Waals surface area contributed by atoms with E-state index >= 15 is 0 Å². The summed E-state index contributed by atoms with van der Waals surface area (Å²) in [4.78, 5) is 2.33. The predicted octanol–water partition coefficient (Wildman–Crippen LogP) is 3.30. The zero-order valence-corrected chi connectivity index (χ0v) is 11.4. The van der Waals surface area contributed by atoms with Gasteiger partial charge in [0, 0.05) is 18.7 Å². The lowest BCUT2D eigenvalue weighted by Crippen LogP contribution is -2.42. The van der Waals surface area contributed by atoms with Crippen LogP contribution in [-0.2, 0) is 5.60 Å². The van der Waals surface area contributed by atoms with Crippen LogP contribution in [0.1, 0.15) is 25.3 Å². The molecule has 0 spiro atoms. The molecular formula is C13H17Cl2NO. The van der Waals surface area contributed by atoms with Gasteiger partial charge in [0.15, 0.2) is 0 Å². The first-order valence-electron chi connectivity index (χ1n) is 5.96. The molecule has 0 aliphatic carbocycles. The summed E-state index contributed by atoms with van der Waals surface area (Å²) in [6.45, 7) is 4.96. The van der Waals surface area contributed by atoms with Crippen molar-refractivity contribution in [1.29, 1.82) is 0 Å². The van der Waals surface area contributed by atoms with Crippen LogP contribution in [0.25, 0.3) is 0 Å². The second-order valence-electron chi connectivity index (χ2n) is 4.57. The molecule has 2 rings (SSSR count). The van der Waals surface area contributed by atoms with Gasteiger partial charge in [0.05, 0.1) is 15.6 Å². The van der Waals surface area contributed by atoms with Gasteiger partial charge >= 0.3 is 0 Å². The topological polar surface area (TPSA) is 23.5 Å². The fourth-order valence-corrected chi connectivity index (χ4v) is 2.85. The summed E-state index contributed by atoms with van der Waals surface area (Å²) in [5.41, 5.74) is -0.0596. The van der Waals surface area contributed by atoms with Crippen LogP contribution < -0.4 is 0 Å². The van der Waals surface area contributed by atoms with Crippen molar-refractivity contribution >= 4 is 23.2 Å². The first kappa shape index (κ1) is 13.2. The number of hydrogen-bond acceptors (Lipinski definition) is 2. The maximum atomic E-state index is 10.7. The Hall–Kier alpha value is -0.280. The highest BCUT2D eigenvalue weighted by molar-refractivity contribution is 6.42. The lowest BCUT2D eigenvalue weighted by Gasteiger charge is -2.38. The van der Waals surface area contributed by atoms with Crippen molar-refractivity contribution in [3.8, 4) is 0 Å². The number of rotatable bonds is 2. The van der Waals surface area contributed by atoms with Gasteiger partial charge in [-0.15, -0.1) is 0 Å². The number of nitrogens with zero attached hydrogens (tertiary/aromatic N) is 1. The van der Waals surface area contributed by atoms with Crippen molar-refractivity contribution in [1.82, 2.24) is 4.90 Å². The van der Waals surface area contributed by atoms with E-state index in [1.54, 1.807) is 6.07 Å². The van der Waals surface area contributed by atoms with E-state index in [1.807, 2.05) is 12.1 Å². The molecule has 0 bridgehead atoms. The van der Waals surface area contributed by atoms with Crippen LogP contribution in [0.5, 0.6) is 0 Å². The summed E-state index contributed by atoms with van der Waals surface area (Å²) < 4.78 is 0. The molecule has 1 N–H and O–H groups in total. The SMILES string of the molecule is CCN1CCC(O)(c2cccc(Cl)c2Cl)CC1. The number of aliphatic hydroxyl groups is 1. The van der Waals surface area contributed by atoms with Gasteiger partial charge in [-0.2, -0.15) is 0 Å². The highest BCUT2D eigenvalue weighted by atomic mass is 35.5. The Morgan fingerprint density at radius 3 is 2.53 bits per heavy atom. The third-order valence-corrected chi connectivity index (χ3v) is 4.40. The molecule has 1 aromatic carbocycles. The molecule has 1 heterocycles. The van der Waals surface area contributed by atoms with E-state index in [4.69, 9.17) is 23.2 Å². The van der Waals surface area contributed by atoms with Crippen molar-refractivity contribution in [2.24, 2.45) is 0 Å². The van der Waals surface area contributed by atoms with E-state index in [0.29, 0.717) is 22.9 Å². The molecule has 1 fully saturated rings. The average molecular weight is 274 g/mol. The lowest BCUT2D eigenvalue weighted by atomic mass is 9.84. The minimum Gasteiger partial charge on any atom is -0.385 e. The van der Waals surface area contributed by atoms with Crippen LogP contribution in [0.2, 0.25) is 10.0 Å². The lowest BCUT2D eigenvalue weighted by molar-refractivity contribution is -0.0246. The van der Waals surface area contributed by atoms with Crippen molar-refractivity contribution in [3.05, 3.63) is 33.8 Å². The summed E-state index contributed by atoms with van der Waals surface area (Å²) in [5, 5.41) is 11.7. The normalized spacial score (nSPS) is 20.5. The third-order valence-electron chi connectivity index (χ3n) is 3.58. The summed E-state index contributed by atoms with van der Waals surface area (Å²) in [6, 6.07) is 5.46. The second kappa shape index (κ2) is 5.15. The molecule has 1 saturated heterocycles. The minimum atomic E-state index is -0.826. The Morgan fingerprint density at radius 1 is 1.29 bits per heavy atom. The Bertz CT molecular complexity index is 400. The van der Waals surface area contributed by atoms with Gasteiger partial charge in [-0.3, -0.25) is 0 Å². The summed E-state index contributed by atoms with van der Waals surface area (Å²) in [6.07, 6.45) is 1.42. The Balaban J connectivity index is 2.24. The number of halogens is 2. The van der Waals surface area contributed by atoms with E-state index in [1.165, 1.54) is 0 Å². The van der Waals surface area contributed by atoms with Crippen molar-refractivity contribution in [3.63, 3.8) is 0 Å². The van der Waals surface area contributed by atoms with Crippen molar-refractivity contribution < 1.29 is 5.11 Å². The molecule has 94 valence electrons. The number of hydrogen-bond donors (Lipinski definition) is 1. The monoisotopic (exact) mass is 273 g/mol. The molecular weight excluding hydrogens is 257 g/mol. The molecule has 0 unspecified atom stereocenters. The van der Waals surface area contributed by atoms with Crippen LogP contribution in [0.3, 0.4) is 0 Å². The van der Waals surface area contributed by atoms with Crippen molar-refractivity contribution in [2.45, 2.75) is 25.4 Å². The quantitative estimate of drug-likeness (QED) is 0.894. The van der Waals surface area contributed by atoms with Gasteiger partial charge in [0.2, 0.25) is 0 Å². The maximum Gasteiger partial charge on any atom is 0.0935 e. The highest BCUT2D eigenvalue weighted by Crippen LogP contribution is 2.39. The van der Waals surface area contributed by atoms with E-state index in [-0.39, 0.29) is 0 Å². The average Bonchev–Trinajstić information content (AvgIpc) is 2.33. The molecule has 1 aliphatic heterocycles. The maximum absolute atomic E-state index is 10.7. The minimum absolute atomic E-state index is 0.488. The fraction of sp³-hybridized carbons (Fsp3) is 0.538. The van der Waals surface area contributed by atoms with Gasteiger partial charge in [-0.05, 0) is 25.5 Å². The Kier molecular flexibility index (Phi) is 3.99. The van der Waals surface area contributed by atoms with Gasteiger partial charge in [-0.1, -0.05) is 42.3 Å². The summed E-state index contributed by atoms with van der Waals surface area (Å²) in [7, 11) is 0. The Morgan fingerprint density at radius 2 is 1.94 bits per heavy atom. The molecule has 1 aliphatic rings. The number of likely N-dealkylation sites (tertiary alicyclic amines) is 1. The van der Waals surface area contributed by atoms with E-state index in [9.17, 15) is 5.11 Å². The van der Waals surface area contributed by atoms with Crippen molar-refractivity contribution in [2.75, 3.05) is 19.6 Å². The fourth-order valence-electron chi connectivity index (χ4n) is 2.37. The Labute approximate surface area is 112 Å². The molecule has 1 aromatic rings. The van der Waals surface area contributed by atoms with Crippen LogP contribution in [0.4, 0.5) is 0 Å². The summed E-state index contributed by atoms with van der Waals surface area (Å²) in [5.74, 6) is 0. The van der Waals surface area contributed by atoms with Gasteiger partial charge in [-0.25, -0.2) is 0 Å². The molecule has 17 heavy (non-hydrogen) atoms. The largest absolute Gasteiger partial charge is 0.385 e. The second-order valence-corrected chi connectivity index (χ2v) is 5.35. The van der Waals surface area contributed by atoms with Crippen LogP contribution in [0.15, 0.2) is 18.2 Å². The molecule has 0 radical (unpaired) electrons. The first-order chi connectivity index (χ1) is 8.07. The number of piperidine rings is 1. The predicted molar refractivity (Wildman–Crippen MR) is 71.7 cm³/mol. The highest BCUT2D eigenvalue weighted by Gasteiger charge is 2.35. The molecule has 0 aromatic heterocycles. The third kappa shape index (κ3) is 2.60. The van der Waals surface area contributed by atoms with Gasteiger partial charge < -0.3 is 10.0 Å². The van der Waals surface area contributed by atoms with E-state index in [0.717, 1.165) is 25.2 Å². The van der Waals surface area contributed by atoms with E-state index in [2.05, 4.69) is 11.8 Å². The van der Waals surface area contributed by atoms with Crippen LogP contribution >= 0.6 is 23.2 Å². The standard InChI is InChI=1S/C13H17Cl2NO/c1-2-16-8-6-13(17,7-9-16)10-4-3-5-11(14)12(10)15/h3-5,17H,2,6-9H2,1H3. The van der Waals surface area contributed by atoms with Crippen LogP contribution in [-0.4, -0.2) is 29.6 Å².